The van der Waals surface area contributed by atoms with E-state index in [9.17, 15) is 0 Å². The van der Waals surface area contributed by atoms with Crippen molar-refractivity contribution in [2.45, 2.75) is 52.3 Å². The third-order valence-electron chi connectivity index (χ3n) is 4.05. The third-order valence-corrected chi connectivity index (χ3v) is 4.05. The molecule has 23 heavy (non-hydrogen) atoms. The van der Waals surface area contributed by atoms with Gasteiger partial charge in [-0.05, 0) is 26.3 Å². The Hall–Kier alpha value is -1.73. The van der Waals surface area contributed by atoms with Gasteiger partial charge in [-0.2, -0.15) is 10.2 Å². The van der Waals surface area contributed by atoms with Gasteiger partial charge in [0.15, 0.2) is 5.82 Å². The molecule has 3 rings (SSSR count). The lowest BCUT2D eigenvalue weighted by Gasteiger charge is -2.30. The second-order valence-electron chi connectivity index (χ2n) is 6.37. The SMILES string of the molecule is CCCc1nc([C@@H]2CN(Cc3ccn(C(C)C)n3)CCO2)n[nH]1. The van der Waals surface area contributed by atoms with Crippen molar-refractivity contribution < 1.29 is 4.74 Å². The van der Waals surface area contributed by atoms with Crippen LogP contribution in [-0.2, 0) is 17.7 Å². The summed E-state index contributed by atoms with van der Waals surface area (Å²) in [4.78, 5) is 6.91. The molecule has 0 unspecified atom stereocenters. The minimum Gasteiger partial charge on any atom is -0.367 e. The number of aryl methyl sites for hydroxylation is 1. The van der Waals surface area contributed by atoms with Crippen LogP contribution in [0.3, 0.4) is 0 Å². The van der Waals surface area contributed by atoms with Crippen LogP contribution >= 0.6 is 0 Å². The molecule has 3 heterocycles. The fourth-order valence-electron chi connectivity index (χ4n) is 2.78. The minimum atomic E-state index is -0.0576. The van der Waals surface area contributed by atoms with Crippen molar-refractivity contribution in [3.8, 4) is 0 Å². The first kappa shape index (κ1) is 16.1. The van der Waals surface area contributed by atoms with Gasteiger partial charge in [-0.15, -0.1) is 0 Å². The molecule has 0 spiro atoms. The Labute approximate surface area is 137 Å². The predicted molar refractivity (Wildman–Crippen MR) is 87.0 cm³/mol. The van der Waals surface area contributed by atoms with E-state index < -0.39 is 0 Å². The summed E-state index contributed by atoms with van der Waals surface area (Å²) in [7, 11) is 0. The van der Waals surface area contributed by atoms with E-state index in [4.69, 9.17) is 4.74 Å². The van der Waals surface area contributed by atoms with Gasteiger partial charge in [0, 0.05) is 38.3 Å². The topological polar surface area (TPSA) is 71.9 Å². The van der Waals surface area contributed by atoms with Gasteiger partial charge in [0.1, 0.15) is 11.9 Å². The number of nitrogens with one attached hydrogen (secondary N) is 1. The third kappa shape index (κ3) is 3.97. The normalized spacial score (nSPS) is 19.6. The lowest BCUT2D eigenvalue weighted by atomic mass is 10.2. The molecule has 126 valence electrons. The van der Waals surface area contributed by atoms with Crippen LogP contribution in [0.15, 0.2) is 12.3 Å². The molecule has 1 aliphatic heterocycles. The molecule has 0 aliphatic carbocycles. The van der Waals surface area contributed by atoms with Crippen LogP contribution in [0.5, 0.6) is 0 Å². The summed E-state index contributed by atoms with van der Waals surface area (Å²) < 4.78 is 7.85. The molecule has 7 nitrogen and oxygen atoms in total. The molecular formula is C16H26N6O. The zero-order valence-corrected chi connectivity index (χ0v) is 14.2. The van der Waals surface area contributed by atoms with Crippen molar-refractivity contribution in [2.24, 2.45) is 0 Å². The quantitative estimate of drug-likeness (QED) is 0.883. The van der Waals surface area contributed by atoms with E-state index in [2.05, 4.69) is 52.0 Å². The van der Waals surface area contributed by atoms with E-state index in [-0.39, 0.29) is 6.10 Å². The molecular weight excluding hydrogens is 292 g/mol. The molecule has 1 atom stereocenters. The van der Waals surface area contributed by atoms with Crippen molar-refractivity contribution in [3.05, 3.63) is 29.6 Å². The van der Waals surface area contributed by atoms with Gasteiger partial charge in [0.2, 0.25) is 0 Å². The van der Waals surface area contributed by atoms with Crippen LogP contribution in [0.2, 0.25) is 0 Å². The minimum absolute atomic E-state index is 0.0576. The fraction of sp³-hybridized carbons (Fsp3) is 0.688. The predicted octanol–water partition coefficient (Wildman–Crippen LogP) is 2.11. The van der Waals surface area contributed by atoms with Crippen molar-refractivity contribution in [1.82, 2.24) is 29.9 Å². The highest BCUT2D eigenvalue weighted by Gasteiger charge is 2.25. The molecule has 1 aliphatic rings. The maximum absolute atomic E-state index is 5.85. The molecule has 0 amide bonds. The maximum Gasteiger partial charge on any atom is 0.180 e. The van der Waals surface area contributed by atoms with Crippen LogP contribution in [-0.4, -0.2) is 49.6 Å². The summed E-state index contributed by atoms with van der Waals surface area (Å²) in [5, 5.41) is 12.0. The molecule has 0 bridgehead atoms. The Morgan fingerprint density at radius 1 is 1.43 bits per heavy atom. The van der Waals surface area contributed by atoms with Crippen molar-refractivity contribution in [2.75, 3.05) is 19.7 Å². The first-order valence-corrected chi connectivity index (χ1v) is 8.45. The number of morpholine rings is 1. The Morgan fingerprint density at radius 2 is 2.30 bits per heavy atom. The van der Waals surface area contributed by atoms with E-state index in [0.717, 1.165) is 49.8 Å². The molecule has 7 heteroatoms. The molecule has 1 fully saturated rings. The number of ether oxygens (including phenoxy) is 1. The summed E-state index contributed by atoms with van der Waals surface area (Å²) in [5.41, 5.74) is 1.10. The largest absolute Gasteiger partial charge is 0.367 e. The van der Waals surface area contributed by atoms with E-state index in [1.807, 2.05) is 10.9 Å². The summed E-state index contributed by atoms with van der Waals surface area (Å²) in [6.45, 7) is 9.67. The molecule has 1 saturated heterocycles. The summed E-state index contributed by atoms with van der Waals surface area (Å²) in [6, 6.07) is 2.49. The number of rotatable bonds is 6. The average molecular weight is 318 g/mol. The number of hydrogen-bond donors (Lipinski definition) is 1. The van der Waals surface area contributed by atoms with E-state index in [1.54, 1.807) is 0 Å². The monoisotopic (exact) mass is 318 g/mol. The number of aromatic amines is 1. The second-order valence-corrected chi connectivity index (χ2v) is 6.37. The first-order chi connectivity index (χ1) is 11.2. The summed E-state index contributed by atoms with van der Waals surface area (Å²) in [5.74, 6) is 1.71. The number of nitrogens with zero attached hydrogens (tertiary/aromatic N) is 5. The van der Waals surface area contributed by atoms with Gasteiger partial charge in [-0.1, -0.05) is 6.92 Å². The summed E-state index contributed by atoms with van der Waals surface area (Å²) in [6.07, 6.45) is 3.98. The van der Waals surface area contributed by atoms with Crippen LogP contribution in [0, 0.1) is 0 Å². The number of H-pyrrole nitrogens is 1. The van der Waals surface area contributed by atoms with Crippen molar-refractivity contribution in [1.29, 1.82) is 0 Å². The highest BCUT2D eigenvalue weighted by Crippen LogP contribution is 2.20. The van der Waals surface area contributed by atoms with E-state index in [0.29, 0.717) is 12.6 Å². The van der Waals surface area contributed by atoms with Crippen LogP contribution in [0.25, 0.3) is 0 Å². The molecule has 0 radical (unpaired) electrons. The molecule has 0 saturated carbocycles. The highest BCUT2D eigenvalue weighted by molar-refractivity contribution is 5.01. The Kier molecular flexibility index (Phi) is 5.07. The van der Waals surface area contributed by atoms with Crippen LogP contribution in [0.4, 0.5) is 0 Å². The van der Waals surface area contributed by atoms with Crippen LogP contribution < -0.4 is 0 Å². The Balaban J connectivity index is 1.60. The Bertz CT molecular complexity index is 620. The lowest BCUT2D eigenvalue weighted by Crippen LogP contribution is -2.38. The smallest absolute Gasteiger partial charge is 0.180 e. The molecule has 2 aromatic rings. The standard InChI is InChI=1S/C16H26N6O/c1-4-5-15-17-16(19-18-15)14-11-21(8-9-23-14)10-13-6-7-22(20-13)12(2)3/h6-7,12,14H,4-5,8-11H2,1-3H3,(H,17,18,19)/t14-/m0/s1. The first-order valence-electron chi connectivity index (χ1n) is 8.45. The maximum atomic E-state index is 5.85. The van der Waals surface area contributed by atoms with E-state index >= 15 is 0 Å². The summed E-state index contributed by atoms with van der Waals surface area (Å²) >= 11 is 0. The fourth-order valence-corrected chi connectivity index (χ4v) is 2.78. The van der Waals surface area contributed by atoms with Gasteiger partial charge >= 0.3 is 0 Å². The second kappa shape index (κ2) is 7.23. The average Bonchev–Trinajstić information content (AvgIpc) is 3.17. The van der Waals surface area contributed by atoms with Gasteiger partial charge in [-0.3, -0.25) is 14.7 Å². The van der Waals surface area contributed by atoms with Gasteiger partial charge in [0.25, 0.3) is 0 Å². The van der Waals surface area contributed by atoms with Crippen molar-refractivity contribution in [3.63, 3.8) is 0 Å². The number of hydrogen-bond acceptors (Lipinski definition) is 5. The number of aromatic nitrogens is 5. The van der Waals surface area contributed by atoms with Gasteiger partial charge in [-0.25, -0.2) is 4.98 Å². The lowest BCUT2D eigenvalue weighted by molar-refractivity contribution is -0.0374. The van der Waals surface area contributed by atoms with Crippen molar-refractivity contribution >= 4 is 0 Å². The van der Waals surface area contributed by atoms with E-state index in [1.165, 1.54) is 0 Å². The highest BCUT2D eigenvalue weighted by atomic mass is 16.5. The molecule has 1 N–H and O–H groups in total. The Morgan fingerprint density at radius 3 is 3.04 bits per heavy atom. The van der Waals surface area contributed by atoms with Gasteiger partial charge in [0.05, 0.1) is 12.3 Å². The zero-order valence-electron chi connectivity index (χ0n) is 14.2. The molecule has 2 aromatic heterocycles. The zero-order chi connectivity index (χ0) is 16.2. The molecule has 0 aromatic carbocycles. The van der Waals surface area contributed by atoms with Gasteiger partial charge < -0.3 is 4.74 Å². The van der Waals surface area contributed by atoms with Crippen LogP contribution in [0.1, 0.15) is 56.7 Å².